The normalized spacial score (nSPS) is 29.1. The van der Waals surface area contributed by atoms with Gasteiger partial charge in [-0.3, -0.25) is 0 Å². The summed E-state index contributed by atoms with van der Waals surface area (Å²) in [5.74, 6) is 0.804. The second-order valence-electron chi connectivity index (χ2n) is 4.71. The number of nitrogens with two attached hydrogens (primary N) is 1. The fraction of sp³-hybridized carbons (Fsp3) is 1.00. The fourth-order valence-corrected chi connectivity index (χ4v) is 2.39. The van der Waals surface area contributed by atoms with E-state index in [1.165, 1.54) is 19.3 Å². The lowest BCUT2D eigenvalue weighted by Gasteiger charge is -2.31. The van der Waals surface area contributed by atoms with E-state index in [9.17, 15) is 0 Å². The zero-order chi connectivity index (χ0) is 10.4. The summed E-state index contributed by atoms with van der Waals surface area (Å²) < 4.78 is 5.46. The van der Waals surface area contributed by atoms with Crippen molar-refractivity contribution in [3.8, 4) is 0 Å². The monoisotopic (exact) mass is 199 g/mol. The molecule has 1 atom stereocenters. The highest BCUT2D eigenvalue weighted by molar-refractivity contribution is 4.87. The molecule has 0 aromatic carbocycles. The van der Waals surface area contributed by atoms with Gasteiger partial charge in [-0.05, 0) is 31.6 Å². The van der Waals surface area contributed by atoms with Crippen LogP contribution in [0.1, 0.15) is 52.4 Å². The molecule has 0 aliphatic carbocycles. The van der Waals surface area contributed by atoms with E-state index < -0.39 is 0 Å². The first-order valence-corrected chi connectivity index (χ1v) is 6.07. The predicted octanol–water partition coefficient (Wildman–Crippen LogP) is 2.71. The third-order valence-electron chi connectivity index (χ3n) is 3.56. The van der Waals surface area contributed by atoms with Crippen LogP contribution in [0.2, 0.25) is 0 Å². The summed E-state index contributed by atoms with van der Waals surface area (Å²) in [5, 5.41) is 0. The van der Waals surface area contributed by atoms with Crippen molar-refractivity contribution in [2.45, 2.75) is 57.9 Å². The summed E-state index contributed by atoms with van der Waals surface area (Å²) >= 11 is 0. The minimum atomic E-state index is 0.0627. The Kier molecular flexibility index (Phi) is 4.90. The Labute approximate surface area is 88.2 Å². The summed E-state index contributed by atoms with van der Waals surface area (Å²) in [7, 11) is 0. The highest BCUT2D eigenvalue weighted by Crippen LogP contribution is 2.28. The Morgan fingerprint density at radius 2 is 1.93 bits per heavy atom. The van der Waals surface area contributed by atoms with Gasteiger partial charge >= 0.3 is 0 Å². The highest BCUT2D eigenvalue weighted by Gasteiger charge is 2.28. The molecule has 1 saturated heterocycles. The molecule has 0 aromatic heterocycles. The lowest BCUT2D eigenvalue weighted by atomic mass is 9.80. The number of rotatable bonds is 4. The van der Waals surface area contributed by atoms with Crippen molar-refractivity contribution >= 4 is 0 Å². The van der Waals surface area contributed by atoms with E-state index in [1.54, 1.807) is 0 Å². The predicted molar refractivity (Wildman–Crippen MR) is 60.3 cm³/mol. The van der Waals surface area contributed by atoms with Crippen molar-refractivity contribution in [3.05, 3.63) is 0 Å². The zero-order valence-electron chi connectivity index (χ0n) is 9.72. The third kappa shape index (κ3) is 3.58. The standard InChI is InChI=1S/C12H25NO/c1-3-11(4-2)10-12(13)6-5-8-14-9-7-12/h11H,3-10,13H2,1-2H3. The van der Waals surface area contributed by atoms with Crippen LogP contribution in [-0.2, 0) is 4.74 Å². The van der Waals surface area contributed by atoms with Gasteiger partial charge in [0, 0.05) is 18.8 Å². The van der Waals surface area contributed by atoms with Gasteiger partial charge in [-0.25, -0.2) is 0 Å². The lowest BCUT2D eigenvalue weighted by Crippen LogP contribution is -2.41. The fourth-order valence-electron chi connectivity index (χ4n) is 2.39. The van der Waals surface area contributed by atoms with Crippen LogP contribution >= 0.6 is 0 Å². The van der Waals surface area contributed by atoms with Gasteiger partial charge in [0.25, 0.3) is 0 Å². The molecule has 1 unspecified atom stereocenters. The molecular formula is C12H25NO. The molecule has 2 heteroatoms. The van der Waals surface area contributed by atoms with Gasteiger partial charge in [0.1, 0.15) is 0 Å². The molecule has 0 amide bonds. The number of hydrogen-bond donors (Lipinski definition) is 1. The molecule has 1 heterocycles. The smallest absolute Gasteiger partial charge is 0.0483 e. The van der Waals surface area contributed by atoms with Crippen LogP contribution in [0.4, 0.5) is 0 Å². The molecule has 0 spiro atoms. The van der Waals surface area contributed by atoms with E-state index in [-0.39, 0.29) is 5.54 Å². The van der Waals surface area contributed by atoms with Gasteiger partial charge in [0.15, 0.2) is 0 Å². The van der Waals surface area contributed by atoms with Gasteiger partial charge in [-0.1, -0.05) is 26.7 Å². The number of ether oxygens (including phenoxy) is 1. The summed E-state index contributed by atoms with van der Waals surface area (Å²) in [6.07, 6.45) is 7.03. The molecule has 84 valence electrons. The molecule has 0 saturated carbocycles. The van der Waals surface area contributed by atoms with Crippen LogP contribution in [0.3, 0.4) is 0 Å². The van der Waals surface area contributed by atoms with E-state index >= 15 is 0 Å². The van der Waals surface area contributed by atoms with Crippen molar-refractivity contribution in [2.24, 2.45) is 11.7 Å². The topological polar surface area (TPSA) is 35.2 Å². The summed E-state index contributed by atoms with van der Waals surface area (Å²) in [5.41, 5.74) is 6.49. The van der Waals surface area contributed by atoms with E-state index in [0.29, 0.717) is 0 Å². The Morgan fingerprint density at radius 3 is 2.57 bits per heavy atom. The molecular weight excluding hydrogens is 174 g/mol. The molecule has 1 aliphatic rings. The van der Waals surface area contributed by atoms with E-state index in [0.717, 1.165) is 38.4 Å². The van der Waals surface area contributed by atoms with Crippen molar-refractivity contribution < 1.29 is 4.74 Å². The maximum absolute atomic E-state index is 6.43. The summed E-state index contributed by atoms with van der Waals surface area (Å²) in [6.45, 7) is 6.30. The maximum atomic E-state index is 6.43. The lowest BCUT2D eigenvalue weighted by molar-refractivity contribution is 0.137. The highest BCUT2D eigenvalue weighted by atomic mass is 16.5. The van der Waals surface area contributed by atoms with Gasteiger partial charge in [-0.15, -0.1) is 0 Å². The van der Waals surface area contributed by atoms with Crippen LogP contribution in [0.25, 0.3) is 0 Å². The zero-order valence-corrected chi connectivity index (χ0v) is 9.72. The van der Waals surface area contributed by atoms with Crippen molar-refractivity contribution in [1.82, 2.24) is 0 Å². The van der Waals surface area contributed by atoms with Crippen molar-refractivity contribution in [2.75, 3.05) is 13.2 Å². The van der Waals surface area contributed by atoms with Crippen molar-refractivity contribution in [1.29, 1.82) is 0 Å². The average molecular weight is 199 g/mol. The molecule has 1 aliphatic heterocycles. The first-order valence-electron chi connectivity index (χ1n) is 6.07. The van der Waals surface area contributed by atoms with E-state index in [1.807, 2.05) is 0 Å². The second kappa shape index (κ2) is 5.72. The first-order chi connectivity index (χ1) is 6.70. The Balaban J connectivity index is 2.44. The largest absolute Gasteiger partial charge is 0.381 e. The summed E-state index contributed by atoms with van der Waals surface area (Å²) in [6, 6.07) is 0. The van der Waals surface area contributed by atoms with Crippen LogP contribution in [0, 0.1) is 5.92 Å². The Bertz CT molecular complexity index is 146. The van der Waals surface area contributed by atoms with Gasteiger partial charge < -0.3 is 10.5 Å². The molecule has 0 aromatic rings. The third-order valence-corrected chi connectivity index (χ3v) is 3.56. The minimum absolute atomic E-state index is 0.0627. The van der Waals surface area contributed by atoms with Crippen LogP contribution < -0.4 is 5.73 Å². The molecule has 2 N–H and O–H groups in total. The molecule has 1 fully saturated rings. The van der Waals surface area contributed by atoms with E-state index in [4.69, 9.17) is 10.5 Å². The SMILES string of the molecule is CCC(CC)CC1(N)CCCOCC1. The summed E-state index contributed by atoms with van der Waals surface area (Å²) in [4.78, 5) is 0. The second-order valence-corrected chi connectivity index (χ2v) is 4.71. The van der Waals surface area contributed by atoms with Gasteiger partial charge in [-0.2, -0.15) is 0 Å². The van der Waals surface area contributed by atoms with Crippen LogP contribution in [0.5, 0.6) is 0 Å². The van der Waals surface area contributed by atoms with E-state index in [2.05, 4.69) is 13.8 Å². The quantitative estimate of drug-likeness (QED) is 0.755. The Hall–Kier alpha value is -0.0800. The molecule has 1 rings (SSSR count). The molecule has 2 nitrogen and oxygen atoms in total. The first kappa shape index (κ1) is 12.0. The molecule has 14 heavy (non-hydrogen) atoms. The molecule has 0 radical (unpaired) electrons. The van der Waals surface area contributed by atoms with Crippen LogP contribution in [0.15, 0.2) is 0 Å². The maximum Gasteiger partial charge on any atom is 0.0483 e. The molecule has 0 bridgehead atoms. The minimum Gasteiger partial charge on any atom is -0.381 e. The average Bonchev–Trinajstić information content (AvgIpc) is 2.40. The van der Waals surface area contributed by atoms with Gasteiger partial charge in [0.05, 0.1) is 0 Å². The van der Waals surface area contributed by atoms with Crippen molar-refractivity contribution in [3.63, 3.8) is 0 Å². The van der Waals surface area contributed by atoms with Gasteiger partial charge in [0.2, 0.25) is 0 Å². The Morgan fingerprint density at radius 1 is 1.21 bits per heavy atom. The number of hydrogen-bond acceptors (Lipinski definition) is 2. The van der Waals surface area contributed by atoms with Crippen LogP contribution in [-0.4, -0.2) is 18.8 Å².